The maximum atomic E-state index is 13.2. The summed E-state index contributed by atoms with van der Waals surface area (Å²) < 4.78 is 17.9. The van der Waals surface area contributed by atoms with Crippen LogP contribution in [0.3, 0.4) is 0 Å². The number of hydrogen-bond donors (Lipinski definition) is 0. The topological polar surface area (TPSA) is 26.3 Å². The number of allylic oxidation sites excluding steroid dienone is 2. The van der Waals surface area contributed by atoms with Gasteiger partial charge in [-0.25, -0.2) is 9.18 Å². The summed E-state index contributed by atoms with van der Waals surface area (Å²) in [4.78, 5) is 11.6. The van der Waals surface area contributed by atoms with Crippen molar-refractivity contribution in [1.82, 2.24) is 0 Å². The zero-order valence-electron chi connectivity index (χ0n) is 19.0. The van der Waals surface area contributed by atoms with Gasteiger partial charge < -0.3 is 4.74 Å². The SMILES string of the molecule is COC(=O)c1ccc(C=Cc2ccc3c(c2)C(C#Cc2ccc(F)cc2)=CCC3(C)C)cc1. The van der Waals surface area contributed by atoms with E-state index in [0.717, 1.165) is 34.2 Å². The molecule has 0 spiro atoms. The summed E-state index contributed by atoms with van der Waals surface area (Å²) >= 11 is 0. The summed E-state index contributed by atoms with van der Waals surface area (Å²) in [6.45, 7) is 4.48. The molecule has 33 heavy (non-hydrogen) atoms. The third-order valence-corrected chi connectivity index (χ3v) is 5.87. The maximum absolute atomic E-state index is 13.2. The molecule has 164 valence electrons. The van der Waals surface area contributed by atoms with E-state index in [0.29, 0.717) is 5.56 Å². The van der Waals surface area contributed by atoms with E-state index in [1.54, 1.807) is 24.3 Å². The van der Waals surface area contributed by atoms with E-state index < -0.39 is 0 Å². The molecule has 4 rings (SSSR count). The van der Waals surface area contributed by atoms with Gasteiger partial charge in [0.05, 0.1) is 12.7 Å². The van der Waals surface area contributed by atoms with Crippen LogP contribution in [0.5, 0.6) is 0 Å². The molecule has 2 nitrogen and oxygen atoms in total. The van der Waals surface area contributed by atoms with Gasteiger partial charge >= 0.3 is 5.97 Å². The first-order chi connectivity index (χ1) is 15.9. The number of carbonyl (C=O) groups excluding carboxylic acids is 1. The number of rotatable bonds is 3. The number of fused-ring (bicyclic) bond motifs is 1. The van der Waals surface area contributed by atoms with Crippen molar-refractivity contribution >= 4 is 23.7 Å². The van der Waals surface area contributed by atoms with E-state index >= 15 is 0 Å². The van der Waals surface area contributed by atoms with E-state index in [-0.39, 0.29) is 17.2 Å². The molecule has 0 aliphatic heterocycles. The first-order valence-corrected chi connectivity index (χ1v) is 10.8. The second-order valence-corrected chi connectivity index (χ2v) is 8.71. The highest BCUT2D eigenvalue weighted by Crippen LogP contribution is 2.39. The minimum absolute atomic E-state index is 0.0301. The van der Waals surface area contributed by atoms with Crippen LogP contribution < -0.4 is 0 Å². The van der Waals surface area contributed by atoms with Crippen molar-refractivity contribution in [2.24, 2.45) is 0 Å². The number of esters is 1. The first-order valence-electron chi connectivity index (χ1n) is 10.8. The molecule has 0 saturated carbocycles. The zero-order chi connectivity index (χ0) is 23.4. The lowest BCUT2D eigenvalue weighted by Gasteiger charge is -2.31. The zero-order valence-corrected chi connectivity index (χ0v) is 19.0. The average molecular weight is 437 g/mol. The molecule has 0 fully saturated rings. The Morgan fingerprint density at radius 1 is 0.939 bits per heavy atom. The fourth-order valence-electron chi connectivity index (χ4n) is 3.89. The van der Waals surface area contributed by atoms with Crippen LogP contribution in [0.1, 0.15) is 58.4 Å². The number of hydrogen-bond acceptors (Lipinski definition) is 2. The van der Waals surface area contributed by atoms with Crippen LogP contribution in [0.25, 0.3) is 17.7 Å². The summed E-state index contributed by atoms with van der Waals surface area (Å²) in [7, 11) is 1.38. The minimum atomic E-state index is -0.344. The summed E-state index contributed by atoms with van der Waals surface area (Å²) in [6, 6.07) is 20.0. The molecule has 0 N–H and O–H groups in total. The first kappa shape index (κ1) is 22.3. The molecule has 0 heterocycles. The quantitative estimate of drug-likeness (QED) is 0.254. The van der Waals surface area contributed by atoms with E-state index in [1.807, 2.05) is 18.2 Å². The molecule has 0 aromatic heterocycles. The maximum Gasteiger partial charge on any atom is 0.337 e. The summed E-state index contributed by atoms with van der Waals surface area (Å²) in [5.74, 6) is 5.85. The molecule has 1 aliphatic rings. The lowest BCUT2D eigenvalue weighted by atomic mass is 9.73. The minimum Gasteiger partial charge on any atom is -0.465 e. The predicted octanol–water partition coefficient (Wildman–Crippen LogP) is 6.90. The van der Waals surface area contributed by atoms with Crippen LogP contribution >= 0.6 is 0 Å². The van der Waals surface area contributed by atoms with Crippen molar-refractivity contribution in [2.75, 3.05) is 7.11 Å². The summed E-state index contributed by atoms with van der Waals surface area (Å²) in [5, 5.41) is 0. The lowest BCUT2D eigenvalue weighted by Crippen LogP contribution is -2.21. The number of halogens is 1. The van der Waals surface area contributed by atoms with Crippen molar-refractivity contribution in [3.8, 4) is 11.8 Å². The van der Waals surface area contributed by atoms with Crippen LogP contribution in [0.2, 0.25) is 0 Å². The molecule has 3 heteroatoms. The van der Waals surface area contributed by atoms with Crippen LogP contribution in [-0.4, -0.2) is 13.1 Å². The summed E-state index contributed by atoms with van der Waals surface area (Å²) in [5.41, 5.74) is 6.80. The standard InChI is InChI=1S/C30H25FO2/c1-30(2)19-18-24(12-6-22-9-15-26(31)16-10-22)27-20-23(11-17-28(27)30)5-4-21-7-13-25(14-8-21)29(32)33-3/h4-5,7-11,13-18,20H,19H2,1-3H3. The normalized spacial score (nSPS) is 14.1. The largest absolute Gasteiger partial charge is 0.465 e. The van der Waals surface area contributed by atoms with E-state index in [9.17, 15) is 9.18 Å². The Kier molecular flexibility index (Phi) is 6.29. The Balaban J connectivity index is 1.63. The molecule has 1 aliphatic carbocycles. The lowest BCUT2D eigenvalue weighted by molar-refractivity contribution is 0.0600. The Morgan fingerprint density at radius 3 is 2.30 bits per heavy atom. The van der Waals surface area contributed by atoms with Gasteiger partial charge in [-0.15, -0.1) is 0 Å². The van der Waals surface area contributed by atoms with Crippen molar-refractivity contribution in [3.63, 3.8) is 0 Å². The van der Waals surface area contributed by atoms with Crippen molar-refractivity contribution in [1.29, 1.82) is 0 Å². The van der Waals surface area contributed by atoms with Crippen LogP contribution in [0.15, 0.2) is 72.8 Å². The Bertz CT molecular complexity index is 1300. The van der Waals surface area contributed by atoms with Gasteiger partial charge in [0.2, 0.25) is 0 Å². The Morgan fingerprint density at radius 2 is 1.61 bits per heavy atom. The van der Waals surface area contributed by atoms with Crippen LogP contribution in [0, 0.1) is 17.7 Å². The molecule has 3 aromatic rings. The smallest absolute Gasteiger partial charge is 0.337 e. The number of methoxy groups -OCH3 is 1. The highest BCUT2D eigenvalue weighted by atomic mass is 19.1. The average Bonchev–Trinajstić information content (AvgIpc) is 2.83. The molecule has 0 amide bonds. The van der Waals surface area contributed by atoms with Gasteiger partial charge in [-0.1, -0.05) is 68.2 Å². The van der Waals surface area contributed by atoms with Gasteiger partial charge in [-0.05, 0) is 76.6 Å². The third kappa shape index (κ3) is 5.13. The van der Waals surface area contributed by atoms with Gasteiger partial charge in [0, 0.05) is 11.1 Å². The van der Waals surface area contributed by atoms with Gasteiger partial charge in [-0.2, -0.15) is 0 Å². The fraction of sp³-hybridized carbons (Fsp3) is 0.167. The third-order valence-electron chi connectivity index (χ3n) is 5.87. The molecule has 0 atom stereocenters. The molecule has 0 bridgehead atoms. The van der Waals surface area contributed by atoms with Crippen molar-refractivity contribution in [3.05, 3.63) is 112 Å². The Labute approximate surface area is 194 Å². The van der Waals surface area contributed by atoms with E-state index in [2.05, 4.69) is 56.0 Å². The number of ether oxygens (including phenoxy) is 1. The Hall–Kier alpha value is -3.90. The van der Waals surface area contributed by atoms with Gasteiger partial charge in [0.1, 0.15) is 5.82 Å². The molecule has 0 saturated heterocycles. The van der Waals surface area contributed by atoms with E-state index in [1.165, 1.54) is 24.8 Å². The molecular weight excluding hydrogens is 411 g/mol. The second-order valence-electron chi connectivity index (χ2n) is 8.71. The molecule has 0 radical (unpaired) electrons. The molecule has 3 aromatic carbocycles. The van der Waals surface area contributed by atoms with Crippen LogP contribution in [-0.2, 0) is 10.2 Å². The van der Waals surface area contributed by atoms with Crippen LogP contribution in [0.4, 0.5) is 4.39 Å². The molecular formula is C30H25FO2. The summed E-state index contributed by atoms with van der Waals surface area (Å²) in [6.07, 6.45) is 7.18. The predicted molar refractivity (Wildman–Crippen MR) is 132 cm³/mol. The highest BCUT2D eigenvalue weighted by Gasteiger charge is 2.27. The van der Waals surface area contributed by atoms with Gasteiger partial charge in [0.15, 0.2) is 0 Å². The van der Waals surface area contributed by atoms with Crippen molar-refractivity contribution < 1.29 is 13.9 Å². The fourth-order valence-corrected chi connectivity index (χ4v) is 3.89. The van der Waals surface area contributed by atoms with E-state index in [4.69, 9.17) is 4.74 Å². The second kappa shape index (κ2) is 9.30. The van der Waals surface area contributed by atoms with Gasteiger partial charge in [-0.3, -0.25) is 0 Å². The number of carbonyl (C=O) groups is 1. The highest BCUT2D eigenvalue weighted by molar-refractivity contribution is 5.90. The van der Waals surface area contributed by atoms with Crippen molar-refractivity contribution in [2.45, 2.75) is 25.7 Å². The van der Waals surface area contributed by atoms with Gasteiger partial charge in [0.25, 0.3) is 0 Å². The monoisotopic (exact) mass is 436 g/mol. The number of benzene rings is 3. The molecule has 0 unspecified atom stereocenters.